The van der Waals surface area contributed by atoms with Crippen LogP contribution in [-0.2, 0) is 0 Å². The minimum Gasteiger partial charge on any atom is -0.251 e. The molecule has 2 rings (SSSR count). The molecule has 15 heavy (non-hydrogen) atoms. The van der Waals surface area contributed by atoms with E-state index in [1.165, 1.54) is 0 Å². The van der Waals surface area contributed by atoms with Crippen LogP contribution < -0.4 is 16.5 Å². The molecule has 5 heteroatoms. The first kappa shape index (κ1) is 9.57. The molecule has 0 saturated carbocycles. The van der Waals surface area contributed by atoms with Crippen molar-refractivity contribution in [3.8, 4) is 0 Å². The van der Waals surface area contributed by atoms with Crippen LogP contribution in [0, 0.1) is 4.91 Å². The monoisotopic (exact) mass is 202 g/mol. The number of fused-ring (bicyclic) bond motifs is 1. The highest BCUT2D eigenvalue weighted by Gasteiger charge is 2.07. The van der Waals surface area contributed by atoms with Crippen molar-refractivity contribution in [1.29, 1.82) is 0 Å². The van der Waals surface area contributed by atoms with E-state index >= 15 is 0 Å². The zero-order chi connectivity index (χ0) is 10.7. The fourth-order valence-electron chi connectivity index (χ4n) is 1.53. The number of hydrazine groups is 2. The van der Waals surface area contributed by atoms with Crippen molar-refractivity contribution in [2.45, 2.75) is 0 Å². The van der Waals surface area contributed by atoms with Crippen LogP contribution in [0.15, 0.2) is 47.8 Å². The Hall–Kier alpha value is -1.98. The lowest BCUT2D eigenvalue weighted by atomic mass is 10.1. The third-order valence-electron chi connectivity index (χ3n) is 2.20. The average molecular weight is 202 g/mol. The molecule has 0 saturated heterocycles. The summed E-state index contributed by atoms with van der Waals surface area (Å²) in [6, 6.07) is 13.2. The lowest BCUT2D eigenvalue weighted by Crippen LogP contribution is -2.38. The zero-order valence-corrected chi connectivity index (χ0v) is 7.92. The third-order valence-corrected chi connectivity index (χ3v) is 2.20. The Morgan fingerprint density at radius 3 is 2.60 bits per heavy atom. The molecule has 0 aliphatic carbocycles. The molecule has 0 atom stereocenters. The van der Waals surface area contributed by atoms with Crippen LogP contribution in [0.25, 0.3) is 10.8 Å². The van der Waals surface area contributed by atoms with Crippen molar-refractivity contribution in [3.05, 3.63) is 47.4 Å². The Morgan fingerprint density at radius 1 is 1.13 bits per heavy atom. The average Bonchev–Trinajstić information content (AvgIpc) is 2.31. The summed E-state index contributed by atoms with van der Waals surface area (Å²) in [5, 5.41) is 5.70. The number of anilines is 1. The van der Waals surface area contributed by atoms with E-state index in [2.05, 4.69) is 10.8 Å². The lowest BCUT2D eigenvalue weighted by molar-refractivity contribution is 0.678. The maximum atomic E-state index is 10.5. The summed E-state index contributed by atoms with van der Waals surface area (Å²) >= 11 is 0. The fourth-order valence-corrected chi connectivity index (χ4v) is 1.53. The fraction of sp³-hybridized carbons (Fsp3) is 0. The van der Waals surface area contributed by atoms with Crippen molar-refractivity contribution in [3.63, 3.8) is 0 Å². The van der Waals surface area contributed by atoms with Gasteiger partial charge in [0.25, 0.3) is 0 Å². The molecule has 0 aliphatic rings. The van der Waals surface area contributed by atoms with Gasteiger partial charge in [-0.15, -0.1) is 15.6 Å². The van der Waals surface area contributed by atoms with Gasteiger partial charge in [0.05, 0.1) is 11.0 Å². The Morgan fingerprint density at radius 2 is 1.87 bits per heavy atom. The van der Waals surface area contributed by atoms with Gasteiger partial charge in [0, 0.05) is 5.39 Å². The second kappa shape index (κ2) is 4.04. The van der Waals surface area contributed by atoms with Gasteiger partial charge in [0.2, 0.25) is 0 Å². The molecule has 76 valence electrons. The molecule has 0 fully saturated rings. The van der Waals surface area contributed by atoms with Gasteiger partial charge in [-0.2, -0.15) is 0 Å². The molecule has 0 spiro atoms. The standard InChI is InChI=1S/C10H10N4O/c11-12-14(13-15)10-7-3-5-8-4-1-2-6-9(8)10/h1-7,12H,11H2. The number of hydrogen-bond acceptors (Lipinski definition) is 4. The number of nitrogens with zero attached hydrogens (tertiary/aromatic N) is 2. The first-order valence-electron chi connectivity index (χ1n) is 4.44. The molecule has 0 bridgehead atoms. The summed E-state index contributed by atoms with van der Waals surface area (Å²) in [6.45, 7) is 0. The maximum absolute atomic E-state index is 10.5. The van der Waals surface area contributed by atoms with Gasteiger partial charge in [-0.3, -0.25) is 5.84 Å². The van der Waals surface area contributed by atoms with E-state index < -0.39 is 0 Å². The van der Waals surface area contributed by atoms with Crippen molar-refractivity contribution in [2.24, 2.45) is 11.1 Å². The van der Waals surface area contributed by atoms with Crippen LogP contribution in [0.1, 0.15) is 0 Å². The van der Waals surface area contributed by atoms with E-state index in [4.69, 9.17) is 5.84 Å². The SMILES string of the molecule is NNN(N=O)c1cccc2ccccc12. The van der Waals surface area contributed by atoms with E-state index in [9.17, 15) is 4.91 Å². The highest BCUT2D eigenvalue weighted by molar-refractivity contribution is 5.93. The molecular weight excluding hydrogens is 192 g/mol. The largest absolute Gasteiger partial charge is 0.251 e. The van der Waals surface area contributed by atoms with Gasteiger partial charge in [-0.1, -0.05) is 36.4 Å². The van der Waals surface area contributed by atoms with Gasteiger partial charge in [-0.25, -0.2) is 0 Å². The highest BCUT2D eigenvalue weighted by Crippen LogP contribution is 2.25. The molecular formula is C10H10N4O. The molecule has 2 aromatic rings. The van der Waals surface area contributed by atoms with Crippen molar-refractivity contribution >= 4 is 16.5 Å². The number of nitrogens with one attached hydrogen (secondary N) is 1. The van der Waals surface area contributed by atoms with Crippen LogP contribution in [0.2, 0.25) is 0 Å². The van der Waals surface area contributed by atoms with Crippen molar-refractivity contribution in [1.82, 2.24) is 5.53 Å². The molecule has 0 aliphatic heterocycles. The predicted molar refractivity (Wildman–Crippen MR) is 59.5 cm³/mol. The summed E-state index contributed by atoms with van der Waals surface area (Å²) in [5.74, 6) is 5.19. The van der Waals surface area contributed by atoms with Crippen molar-refractivity contribution in [2.75, 3.05) is 5.12 Å². The quantitative estimate of drug-likeness (QED) is 0.451. The molecule has 2 aromatic carbocycles. The zero-order valence-electron chi connectivity index (χ0n) is 7.92. The van der Waals surface area contributed by atoms with Gasteiger partial charge in [0.15, 0.2) is 0 Å². The lowest BCUT2D eigenvalue weighted by Gasteiger charge is -2.14. The normalized spacial score (nSPS) is 10.2. The van der Waals surface area contributed by atoms with E-state index in [1.807, 2.05) is 36.4 Å². The molecule has 5 nitrogen and oxygen atoms in total. The second-order valence-corrected chi connectivity index (χ2v) is 3.02. The molecule has 0 unspecified atom stereocenters. The molecule has 0 radical (unpaired) electrons. The first-order valence-corrected chi connectivity index (χ1v) is 4.44. The first-order chi connectivity index (χ1) is 7.36. The number of benzene rings is 2. The van der Waals surface area contributed by atoms with Gasteiger partial charge in [-0.05, 0) is 11.5 Å². The summed E-state index contributed by atoms with van der Waals surface area (Å²) in [5.41, 5.74) is 2.84. The van der Waals surface area contributed by atoms with E-state index in [0.29, 0.717) is 5.69 Å². The summed E-state index contributed by atoms with van der Waals surface area (Å²) in [6.07, 6.45) is 0. The Bertz CT molecular complexity index is 480. The van der Waals surface area contributed by atoms with Gasteiger partial charge >= 0.3 is 0 Å². The Balaban J connectivity index is 2.64. The van der Waals surface area contributed by atoms with Crippen LogP contribution in [0.3, 0.4) is 0 Å². The second-order valence-electron chi connectivity index (χ2n) is 3.02. The van der Waals surface area contributed by atoms with Crippen LogP contribution >= 0.6 is 0 Å². The van der Waals surface area contributed by atoms with E-state index in [-0.39, 0.29) is 0 Å². The third kappa shape index (κ3) is 1.65. The van der Waals surface area contributed by atoms with Gasteiger partial charge in [0.1, 0.15) is 0 Å². The van der Waals surface area contributed by atoms with Crippen LogP contribution in [0.5, 0.6) is 0 Å². The van der Waals surface area contributed by atoms with E-state index in [1.54, 1.807) is 6.07 Å². The molecule has 3 N–H and O–H groups in total. The minimum absolute atomic E-state index is 0.630. The summed E-state index contributed by atoms with van der Waals surface area (Å²) in [4.78, 5) is 10.5. The predicted octanol–water partition coefficient (Wildman–Crippen LogP) is 1.71. The maximum Gasteiger partial charge on any atom is 0.0904 e. The van der Waals surface area contributed by atoms with Gasteiger partial charge < -0.3 is 0 Å². The number of nitroso groups, excluding NO2 is 1. The highest BCUT2D eigenvalue weighted by atomic mass is 16.3. The van der Waals surface area contributed by atoms with E-state index in [0.717, 1.165) is 15.9 Å². The number of rotatable bonds is 3. The number of nitrogens with two attached hydrogens (primary N) is 1. The Kier molecular flexibility index (Phi) is 2.57. The minimum atomic E-state index is 0.630. The smallest absolute Gasteiger partial charge is 0.0904 e. The van der Waals surface area contributed by atoms with Crippen molar-refractivity contribution < 1.29 is 0 Å². The topological polar surface area (TPSA) is 70.7 Å². The number of hydrogen-bond donors (Lipinski definition) is 2. The van der Waals surface area contributed by atoms with Crippen LogP contribution in [-0.4, -0.2) is 0 Å². The molecule has 0 amide bonds. The molecule has 0 aromatic heterocycles. The Labute approximate surface area is 86.4 Å². The summed E-state index contributed by atoms with van der Waals surface area (Å²) < 4.78 is 0. The summed E-state index contributed by atoms with van der Waals surface area (Å²) in [7, 11) is 0. The molecule has 0 heterocycles. The van der Waals surface area contributed by atoms with Crippen LogP contribution in [0.4, 0.5) is 5.69 Å².